The van der Waals surface area contributed by atoms with Crippen molar-refractivity contribution in [1.29, 1.82) is 0 Å². The Morgan fingerprint density at radius 1 is 1.21 bits per heavy atom. The first-order valence-corrected chi connectivity index (χ1v) is 10.2. The number of aromatic nitrogens is 1. The normalized spacial score (nSPS) is 24.1. The summed E-state index contributed by atoms with van der Waals surface area (Å²) < 4.78 is 19.0. The van der Waals surface area contributed by atoms with Crippen molar-refractivity contribution in [3.8, 4) is 0 Å². The lowest BCUT2D eigenvalue weighted by molar-refractivity contribution is -0.136. The van der Waals surface area contributed by atoms with Crippen molar-refractivity contribution in [2.24, 2.45) is 11.8 Å². The third kappa shape index (κ3) is 4.33. The molecule has 5 nitrogen and oxygen atoms in total. The molecule has 0 bridgehead atoms. The standard InChI is InChI=1S/C23H28FN3O2/c1-16-5-3-8-20(25-16)9-10-26-12-18-13-27(22(28)15-29-2)23(21(18)14-26)17-6-4-7-19(24)11-17/h3-8,11,18,21,23H,9-10,12-15H2,1-2H3/t18-,21-,23+/m1/s1. The fourth-order valence-corrected chi connectivity index (χ4v) is 4.91. The lowest BCUT2D eigenvalue weighted by Gasteiger charge is -2.30. The molecule has 6 heteroatoms. The van der Waals surface area contributed by atoms with Crippen LogP contribution in [0.1, 0.15) is 23.0 Å². The highest BCUT2D eigenvalue weighted by Gasteiger charge is 2.48. The smallest absolute Gasteiger partial charge is 0.249 e. The number of amides is 1. The van der Waals surface area contributed by atoms with E-state index in [0.29, 0.717) is 18.4 Å². The van der Waals surface area contributed by atoms with Crippen molar-refractivity contribution in [3.63, 3.8) is 0 Å². The van der Waals surface area contributed by atoms with Gasteiger partial charge in [-0.25, -0.2) is 4.39 Å². The molecule has 29 heavy (non-hydrogen) atoms. The van der Waals surface area contributed by atoms with Gasteiger partial charge < -0.3 is 14.5 Å². The number of ether oxygens (including phenoxy) is 1. The number of benzene rings is 1. The van der Waals surface area contributed by atoms with Crippen LogP contribution in [-0.2, 0) is 16.0 Å². The van der Waals surface area contributed by atoms with Gasteiger partial charge in [-0.05, 0) is 42.7 Å². The Kier molecular flexibility index (Phi) is 5.92. The highest BCUT2D eigenvalue weighted by Crippen LogP contribution is 2.45. The van der Waals surface area contributed by atoms with Gasteiger partial charge in [-0.2, -0.15) is 0 Å². The highest BCUT2D eigenvalue weighted by atomic mass is 19.1. The molecule has 1 aromatic heterocycles. The molecular weight excluding hydrogens is 369 g/mol. The van der Waals surface area contributed by atoms with Crippen LogP contribution >= 0.6 is 0 Å². The van der Waals surface area contributed by atoms with Gasteiger partial charge in [0.1, 0.15) is 12.4 Å². The van der Waals surface area contributed by atoms with Crippen LogP contribution in [0.5, 0.6) is 0 Å². The van der Waals surface area contributed by atoms with Crippen LogP contribution in [0.25, 0.3) is 0 Å². The minimum atomic E-state index is -0.259. The monoisotopic (exact) mass is 397 g/mol. The third-order valence-corrected chi connectivity index (χ3v) is 6.15. The molecule has 154 valence electrons. The Morgan fingerprint density at radius 3 is 2.79 bits per heavy atom. The van der Waals surface area contributed by atoms with Gasteiger partial charge in [-0.1, -0.05) is 18.2 Å². The van der Waals surface area contributed by atoms with Gasteiger partial charge in [0.05, 0.1) is 6.04 Å². The van der Waals surface area contributed by atoms with Gasteiger partial charge in [0.2, 0.25) is 5.91 Å². The van der Waals surface area contributed by atoms with Gasteiger partial charge in [0, 0.05) is 57.0 Å². The van der Waals surface area contributed by atoms with Gasteiger partial charge in [-0.15, -0.1) is 0 Å². The number of likely N-dealkylation sites (tertiary alicyclic amines) is 2. The largest absolute Gasteiger partial charge is 0.375 e. The molecule has 0 unspecified atom stereocenters. The number of methoxy groups -OCH3 is 1. The minimum Gasteiger partial charge on any atom is -0.375 e. The number of rotatable bonds is 6. The molecule has 2 aliphatic rings. The zero-order chi connectivity index (χ0) is 20.4. The summed E-state index contributed by atoms with van der Waals surface area (Å²) in [6.45, 7) is 5.60. The molecular formula is C23H28FN3O2. The van der Waals surface area contributed by atoms with Crippen LogP contribution in [0.2, 0.25) is 0 Å². The number of pyridine rings is 1. The summed E-state index contributed by atoms with van der Waals surface area (Å²) in [5.74, 6) is 0.426. The van der Waals surface area contributed by atoms with Crippen molar-refractivity contribution < 1.29 is 13.9 Å². The van der Waals surface area contributed by atoms with E-state index in [1.807, 2.05) is 24.0 Å². The molecule has 0 radical (unpaired) electrons. The minimum absolute atomic E-state index is 0.0216. The zero-order valence-electron chi connectivity index (χ0n) is 17.1. The number of carbonyl (C=O) groups excluding carboxylic acids is 1. The van der Waals surface area contributed by atoms with Crippen LogP contribution in [0, 0.1) is 24.6 Å². The quantitative estimate of drug-likeness (QED) is 0.752. The Hall–Kier alpha value is -2.31. The molecule has 2 aromatic rings. The van der Waals surface area contributed by atoms with Crippen LogP contribution in [0.3, 0.4) is 0 Å². The van der Waals surface area contributed by atoms with Gasteiger partial charge in [0.25, 0.3) is 0 Å². The molecule has 3 atom stereocenters. The molecule has 2 fully saturated rings. The van der Waals surface area contributed by atoms with Crippen LogP contribution in [0.15, 0.2) is 42.5 Å². The van der Waals surface area contributed by atoms with Crippen molar-refractivity contribution in [2.45, 2.75) is 19.4 Å². The number of aryl methyl sites for hydroxylation is 1. The number of halogens is 1. The van der Waals surface area contributed by atoms with E-state index in [2.05, 4.69) is 22.0 Å². The predicted molar refractivity (Wildman–Crippen MR) is 109 cm³/mol. The molecule has 2 aliphatic heterocycles. The summed E-state index contributed by atoms with van der Waals surface area (Å²) in [5, 5.41) is 0. The summed E-state index contributed by atoms with van der Waals surface area (Å²) in [4.78, 5) is 21.6. The number of carbonyl (C=O) groups is 1. The Morgan fingerprint density at radius 2 is 2.03 bits per heavy atom. The number of hydrogen-bond donors (Lipinski definition) is 0. The Balaban J connectivity index is 1.48. The van der Waals surface area contributed by atoms with E-state index in [0.717, 1.165) is 43.0 Å². The van der Waals surface area contributed by atoms with Crippen LogP contribution in [-0.4, -0.2) is 60.6 Å². The van der Waals surface area contributed by atoms with Crippen LogP contribution < -0.4 is 0 Å². The van der Waals surface area contributed by atoms with E-state index in [1.54, 1.807) is 12.1 Å². The Bertz CT molecular complexity index is 875. The maximum Gasteiger partial charge on any atom is 0.249 e. The fraction of sp³-hybridized carbons (Fsp3) is 0.478. The van der Waals surface area contributed by atoms with E-state index in [1.165, 1.54) is 13.2 Å². The SMILES string of the molecule is COCC(=O)N1C[C@H]2CN(CCc3cccc(C)n3)C[C@H]2[C@@H]1c1cccc(F)c1. The maximum absolute atomic E-state index is 13.9. The van der Waals surface area contributed by atoms with E-state index < -0.39 is 0 Å². The summed E-state index contributed by atoms with van der Waals surface area (Å²) in [7, 11) is 1.53. The van der Waals surface area contributed by atoms with Gasteiger partial charge in [0.15, 0.2) is 0 Å². The number of nitrogens with zero attached hydrogens (tertiary/aromatic N) is 3. The van der Waals surface area contributed by atoms with Crippen molar-refractivity contribution in [2.75, 3.05) is 39.9 Å². The highest BCUT2D eigenvalue weighted by molar-refractivity contribution is 5.78. The number of fused-ring (bicyclic) bond motifs is 1. The predicted octanol–water partition coefficient (Wildman–Crippen LogP) is 2.85. The Labute approximate surface area is 171 Å². The summed E-state index contributed by atoms with van der Waals surface area (Å²) >= 11 is 0. The molecule has 2 saturated heterocycles. The second-order valence-corrected chi connectivity index (χ2v) is 8.18. The van der Waals surface area contributed by atoms with Gasteiger partial charge >= 0.3 is 0 Å². The van der Waals surface area contributed by atoms with E-state index >= 15 is 0 Å². The van der Waals surface area contributed by atoms with E-state index in [-0.39, 0.29) is 24.4 Å². The second-order valence-electron chi connectivity index (χ2n) is 8.18. The number of hydrogen-bond acceptors (Lipinski definition) is 4. The first kappa shape index (κ1) is 20.0. The van der Waals surface area contributed by atoms with E-state index in [4.69, 9.17) is 4.74 Å². The summed E-state index contributed by atoms with van der Waals surface area (Å²) in [6, 6.07) is 12.7. The first-order valence-electron chi connectivity index (χ1n) is 10.2. The van der Waals surface area contributed by atoms with Crippen LogP contribution in [0.4, 0.5) is 4.39 Å². The topological polar surface area (TPSA) is 45.7 Å². The fourth-order valence-electron chi connectivity index (χ4n) is 4.91. The molecule has 0 N–H and O–H groups in total. The van der Waals surface area contributed by atoms with Crippen molar-refractivity contribution in [3.05, 3.63) is 65.2 Å². The molecule has 1 aromatic carbocycles. The van der Waals surface area contributed by atoms with Crippen molar-refractivity contribution >= 4 is 5.91 Å². The molecule has 0 saturated carbocycles. The average Bonchev–Trinajstić information content (AvgIpc) is 3.24. The third-order valence-electron chi connectivity index (χ3n) is 6.15. The molecule has 0 aliphatic carbocycles. The average molecular weight is 397 g/mol. The maximum atomic E-state index is 13.9. The first-order chi connectivity index (χ1) is 14.0. The van der Waals surface area contributed by atoms with E-state index in [9.17, 15) is 9.18 Å². The lowest BCUT2D eigenvalue weighted by Crippen LogP contribution is -2.38. The summed E-state index contributed by atoms with van der Waals surface area (Å²) in [5.41, 5.74) is 3.03. The van der Waals surface area contributed by atoms with Crippen molar-refractivity contribution in [1.82, 2.24) is 14.8 Å². The summed E-state index contributed by atoms with van der Waals surface area (Å²) in [6.07, 6.45) is 0.915. The molecule has 1 amide bonds. The zero-order valence-corrected chi connectivity index (χ0v) is 17.1. The van der Waals surface area contributed by atoms with Gasteiger partial charge in [-0.3, -0.25) is 9.78 Å². The molecule has 4 rings (SSSR count). The molecule has 0 spiro atoms. The second kappa shape index (κ2) is 8.59. The lowest BCUT2D eigenvalue weighted by atomic mass is 9.89. The molecule has 3 heterocycles.